The molecule has 0 unspecified atom stereocenters. The normalized spacial score (nSPS) is 10.4. The molecule has 0 bridgehead atoms. The fraction of sp³-hybridized carbons (Fsp3) is 0.182. The van der Waals surface area contributed by atoms with Gasteiger partial charge in [0.15, 0.2) is 5.13 Å². The minimum Gasteiger partial charge on any atom is -0.331 e. The summed E-state index contributed by atoms with van der Waals surface area (Å²) in [6.45, 7) is 2.13. The lowest BCUT2D eigenvalue weighted by Gasteiger charge is -2.08. The second-order valence-electron chi connectivity index (χ2n) is 3.26. The minimum atomic E-state index is 0.530. The van der Waals surface area contributed by atoms with Gasteiger partial charge in [-0.15, -0.1) is 11.3 Å². The summed E-state index contributed by atoms with van der Waals surface area (Å²) >= 11 is 10.7. The lowest BCUT2D eigenvalue weighted by Crippen LogP contribution is -1.94. The molecule has 0 aliphatic heterocycles. The van der Waals surface area contributed by atoms with E-state index < -0.39 is 0 Å². The maximum atomic E-state index is 5.78. The van der Waals surface area contributed by atoms with E-state index in [1.165, 1.54) is 16.9 Å². The third-order valence-electron chi connectivity index (χ3n) is 2.17. The predicted molar refractivity (Wildman–Crippen MR) is 73.9 cm³/mol. The molecular formula is C11H10BrClN2S. The van der Waals surface area contributed by atoms with Crippen LogP contribution in [-0.2, 0) is 6.42 Å². The first-order chi connectivity index (χ1) is 7.69. The van der Waals surface area contributed by atoms with Gasteiger partial charge in [-0.05, 0) is 30.2 Å². The fourth-order valence-electron chi connectivity index (χ4n) is 1.40. The molecule has 16 heavy (non-hydrogen) atoms. The number of hydrogen-bond donors (Lipinski definition) is 1. The predicted octanol–water partition coefficient (Wildman–Crippen LogP) is 4.87. The van der Waals surface area contributed by atoms with Gasteiger partial charge in [-0.1, -0.05) is 34.5 Å². The van der Waals surface area contributed by atoms with Gasteiger partial charge in [-0.25, -0.2) is 4.98 Å². The number of nitrogens with zero attached hydrogens (tertiary/aromatic N) is 1. The van der Waals surface area contributed by atoms with E-state index in [9.17, 15) is 0 Å². The Morgan fingerprint density at radius 2 is 2.31 bits per heavy atom. The van der Waals surface area contributed by atoms with Crippen molar-refractivity contribution in [2.45, 2.75) is 13.3 Å². The molecule has 1 aromatic heterocycles. The summed E-state index contributed by atoms with van der Waals surface area (Å²) in [5, 5.41) is 6.44. The van der Waals surface area contributed by atoms with Crippen molar-refractivity contribution < 1.29 is 0 Å². The van der Waals surface area contributed by atoms with Crippen molar-refractivity contribution in [3.05, 3.63) is 38.8 Å². The van der Waals surface area contributed by atoms with Gasteiger partial charge in [-0.3, -0.25) is 0 Å². The molecule has 0 amide bonds. The number of aryl methyl sites for hydroxylation is 1. The van der Waals surface area contributed by atoms with Gasteiger partial charge < -0.3 is 5.32 Å². The molecule has 84 valence electrons. The van der Waals surface area contributed by atoms with Crippen LogP contribution in [-0.4, -0.2) is 4.98 Å². The van der Waals surface area contributed by atoms with Crippen molar-refractivity contribution in [3.8, 4) is 0 Å². The summed E-state index contributed by atoms with van der Waals surface area (Å²) in [7, 11) is 0. The fourth-order valence-corrected chi connectivity index (χ4v) is 2.66. The highest BCUT2D eigenvalue weighted by molar-refractivity contribution is 9.10. The molecule has 0 fully saturated rings. The van der Waals surface area contributed by atoms with E-state index in [2.05, 4.69) is 39.2 Å². The molecule has 0 atom stereocenters. The third-order valence-corrected chi connectivity index (χ3v) is 3.74. The zero-order chi connectivity index (χ0) is 11.5. The Kier molecular flexibility index (Phi) is 3.84. The lowest BCUT2D eigenvalue weighted by atomic mass is 10.1. The van der Waals surface area contributed by atoms with Crippen LogP contribution in [0.15, 0.2) is 28.1 Å². The standard InChI is InChI=1S/C11H10BrClN2S/c1-2-7-5-8(12)3-4-9(7)14-11-15-10(13)6-16-11/h3-6H,2H2,1H3,(H,14,15). The van der Waals surface area contributed by atoms with Gasteiger partial charge in [0.25, 0.3) is 0 Å². The summed E-state index contributed by atoms with van der Waals surface area (Å²) in [5.74, 6) is 0. The summed E-state index contributed by atoms with van der Waals surface area (Å²) in [5.41, 5.74) is 2.33. The maximum absolute atomic E-state index is 5.78. The van der Waals surface area contributed by atoms with Crippen LogP contribution in [0, 0.1) is 0 Å². The monoisotopic (exact) mass is 316 g/mol. The Morgan fingerprint density at radius 1 is 1.50 bits per heavy atom. The molecule has 2 rings (SSSR count). The summed E-state index contributed by atoms with van der Waals surface area (Å²) in [6, 6.07) is 6.16. The van der Waals surface area contributed by atoms with Crippen LogP contribution in [0.4, 0.5) is 10.8 Å². The minimum absolute atomic E-state index is 0.530. The molecule has 0 spiro atoms. The lowest BCUT2D eigenvalue weighted by molar-refractivity contribution is 1.14. The number of aromatic nitrogens is 1. The molecule has 0 saturated heterocycles. The molecule has 2 aromatic rings. The third kappa shape index (κ3) is 2.75. The van der Waals surface area contributed by atoms with Crippen molar-refractivity contribution in [1.82, 2.24) is 4.98 Å². The molecule has 1 aromatic carbocycles. The highest BCUT2D eigenvalue weighted by Crippen LogP contribution is 2.27. The maximum Gasteiger partial charge on any atom is 0.188 e. The first-order valence-corrected chi connectivity index (χ1v) is 6.90. The van der Waals surface area contributed by atoms with E-state index in [0.29, 0.717) is 5.15 Å². The second kappa shape index (κ2) is 5.17. The van der Waals surface area contributed by atoms with Crippen LogP contribution in [0.2, 0.25) is 5.15 Å². The Morgan fingerprint density at radius 3 is 2.94 bits per heavy atom. The van der Waals surface area contributed by atoms with Gasteiger partial charge in [0.2, 0.25) is 0 Å². The molecule has 5 heteroatoms. The average Bonchev–Trinajstić information content (AvgIpc) is 2.67. The summed E-state index contributed by atoms with van der Waals surface area (Å²) in [4.78, 5) is 4.16. The summed E-state index contributed by atoms with van der Waals surface area (Å²) < 4.78 is 1.09. The van der Waals surface area contributed by atoms with E-state index in [1.54, 1.807) is 0 Å². The number of halogens is 2. The number of rotatable bonds is 3. The molecule has 1 heterocycles. The zero-order valence-corrected chi connectivity index (χ0v) is 11.8. The van der Waals surface area contributed by atoms with E-state index >= 15 is 0 Å². The Bertz CT molecular complexity index is 498. The number of thiazole rings is 1. The van der Waals surface area contributed by atoms with Crippen LogP contribution in [0.25, 0.3) is 0 Å². The van der Waals surface area contributed by atoms with Crippen molar-refractivity contribution in [2.24, 2.45) is 0 Å². The zero-order valence-electron chi connectivity index (χ0n) is 8.63. The first-order valence-electron chi connectivity index (χ1n) is 4.85. The van der Waals surface area contributed by atoms with Gasteiger partial charge in [-0.2, -0.15) is 0 Å². The molecule has 2 nitrogen and oxygen atoms in total. The van der Waals surface area contributed by atoms with Crippen molar-refractivity contribution in [3.63, 3.8) is 0 Å². The SMILES string of the molecule is CCc1cc(Br)ccc1Nc1nc(Cl)cs1. The van der Waals surface area contributed by atoms with E-state index in [0.717, 1.165) is 21.7 Å². The van der Waals surface area contributed by atoms with Crippen molar-refractivity contribution >= 4 is 49.7 Å². The molecular weight excluding hydrogens is 308 g/mol. The number of benzene rings is 1. The van der Waals surface area contributed by atoms with E-state index in [-0.39, 0.29) is 0 Å². The number of nitrogens with one attached hydrogen (secondary N) is 1. The van der Waals surface area contributed by atoms with Crippen molar-refractivity contribution in [2.75, 3.05) is 5.32 Å². The van der Waals surface area contributed by atoms with Crippen molar-refractivity contribution in [1.29, 1.82) is 0 Å². The van der Waals surface area contributed by atoms with E-state index in [1.807, 2.05) is 17.5 Å². The highest BCUT2D eigenvalue weighted by Gasteiger charge is 2.04. The van der Waals surface area contributed by atoms with Gasteiger partial charge in [0.05, 0.1) is 0 Å². The smallest absolute Gasteiger partial charge is 0.188 e. The molecule has 0 aliphatic carbocycles. The van der Waals surface area contributed by atoms with Gasteiger partial charge in [0, 0.05) is 15.5 Å². The molecule has 0 saturated carbocycles. The van der Waals surface area contributed by atoms with Crippen LogP contribution >= 0.6 is 38.9 Å². The van der Waals surface area contributed by atoms with Crippen LogP contribution < -0.4 is 5.32 Å². The van der Waals surface area contributed by atoms with Crippen LogP contribution in [0.1, 0.15) is 12.5 Å². The van der Waals surface area contributed by atoms with E-state index in [4.69, 9.17) is 11.6 Å². The number of hydrogen-bond acceptors (Lipinski definition) is 3. The Hall–Kier alpha value is -0.580. The molecule has 1 N–H and O–H groups in total. The van der Waals surface area contributed by atoms with Crippen LogP contribution in [0.5, 0.6) is 0 Å². The van der Waals surface area contributed by atoms with Gasteiger partial charge in [0.1, 0.15) is 5.15 Å². The van der Waals surface area contributed by atoms with Gasteiger partial charge >= 0.3 is 0 Å². The quantitative estimate of drug-likeness (QED) is 0.874. The average molecular weight is 318 g/mol. The number of anilines is 2. The highest BCUT2D eigenvalue weighted by atomic mass is 79.9. The van der Waals surface area contributed by atoms with Crippen LogP contribution in [0.3, 0.4) is 0 Å². The largest absolute Gasteiger partial charge is 0.331 e. The summed E-state index contributed by atoms with van der Waals surface area (Å²) in [6.07, 6.45) is 0.973. The first kappa shape index (κ1) is 11.9. The molecule has 0 aliphatic rings. The second-order valence-corrected chi connectivity index (χ2v) is 5.42. The Labute approximate surface area is 112 Å². The Balaban J connectivity index is 2.27. The topological polar surface area (TPSA) is 24.9 Å². The molecule has 0 radical (unpaired) electrons.